The summed E-state index contributed by atoms with van der Waals surface area (Å²) in [7, 11) is 0. The standard InChI is InChI=1S/C38H28N2O2/c41-27-29-17-21-35(22-18-29)39(33-11-3-1-4-12-33)37-15-7-9-31(25-37)32-10-8-16-38(26-32)40(34-13-5-2-6-14-34)36-23-19-30(28-42)20-24-36/h1-28H. The van der Waals surface area contributed by atoms with Gasteiger partial charge in [0.1, 0.15) is 12.6 Å². The van der Waals surface area contributed by atoms with Crippen LogP contribution in [0.3, 0.4) is 0 Å². The third kappa shape index (κ3) is 5.60. The van der Waals surface area contributed by atoms with Crippen molar-refractivity contribution in [3.8, 4) is 11.1 Å². The van der Waals surface area contributed by atoms with Gasteiger partial charge in [0.2, 0.25) is 0 Å². The van der Waals surface area contributed by atoms with Gasteiger partial charge in [0.05, 0.1) is 0 Å². The van der Waals surface area contributed by atoms with Gasteiger partial charge in [-0.05, 0) is 108 Å². The maximum Gasteiger partial charge on any atom is 0.150 e. The normalized spacial score (nSPS) is 10.6. The van der Waals surface area contributed by atoms with Gasteiger partial charge in [0, 0.05) is 45.3 Å². The van der Waals surface area contributed by atoms with Gasteiger partial charge in [-0.25, -0.2) is 0 Å². The molecule has 6 aromatic rings. The average molecular weight is 545 g/mol. The molecule has 4 nitrogen and oxygen atoms in total. The van der Waals surface area contributed by atoms with Gasteiger partial charge in [-0.3, -0.25) is 9.59 Å². The number of anilines is 6. The summed E-state index contributed by atoms with van der Waals surface area (Å²) < 4.78 is 0. The zero-order valence-electron chi connectivity index (χ0n) is 22.9. The second kappa shape index (κ2) is 12.2. The number of nitrogens with zero attached hydrogens (tertiary/aromatic N) is 2. The Morgan fingerprint density at radius 3 is 1.02 bits per heavy atom. The van der Waals surface area contributed by atoms with E-state index in [1.807, 2.05) is 84.9 Å². The molecule has 0 aromatic heterocycles. The van der Waals surface area contributed by atoms with Crippen LogP contribution in [-0.2, 0) is 0 Å². The van der Waals surface area contributed by atoms with Crippen LogP contribution in [0.15, 0.2) is 158 Å². The van der Waals surface area contributed by atoms with Crippen molar-refractivity contribution >= 4 is 46.7 Å². The molecule has 0 saturated carbocycles. The van der Waals surface area contributed by atoms with Gasteiger partial charge < -0.3 is 9.80 Å². The van der Waals surface area contributed by atoms with Gasteiger partial charge >= 0.3 is 0 Å². The Morgan fingerprint density at radius 2 is 0.667 bits per heavy atom. The van der Waals surface area contributed by atoms with Gasteiger partial charge in [-0.15, -0.1) is 0 Å². The minimum Gasteiger partial charge on any atom is -0.310 e. The zero-order chi connectivity index (χ0) is 28.7. The average Bonchev–Trinajstić information content (AvgIpc) is 3.07. The molecule has 202 valence electrons. The molecular weight excluding hydrogens is 516 g/mol. The molecule has 0 aliphatic heterocycles. The summed E-state index contributed by atoms with van der Waals surface area (Å²) in [4.78, 5) is 26.9. The van der Waals surface area contributed by atoms with Crippen molar-refractivity contribution in [2.75, 3.05) is 9.80 Å². The molecule has 0 N–H and O–H groups in total. The Labute approximate surface area is 245 Å². The Kier molecular flexibility index (Phi) is 7.69. The van der Waals surface area contributed by atoms with E-state index in [9.17, 15) is 9.59 Å². The van der Waals surface area contributed by atoms with Crippen LogP contribution in [0.2, 0.25) is 0 Å². The quantitative estimate of drug-likeness (QED) is 0.170. The lowest BCUT2D eigenvalue weighted by atomic mass is 10.0. The molecule has 0 heterocycles. The van der Waals surface area contributed by atoms with Crippen molar-refractivity contribution in [3.05, 3.63) is 169 Å². The second-order valence-corrected chi connectivity index (χ2v) is 9.86. The maximum atomic E-state index is 11.3. The van der Waals surface area contributed by atoms with Crippen LogP contribution in [0, 0.1) is 0 Å². The number of para-hydroxylation sites is 2. The number of carbonyl (C=O) groups excluding carboxylic acids is 2. The number of hydrogen-bond donors (Lipinski definition) is 0. The van der Waals surface area contributed by atoms with Crippen LogP contribution in [0.25, 0.3) is 11.1 Å². The lowest BCUT2D eigenvalue weighted by molar-refractivity contribution is 0.111. The largest absolute Gasteiger partial charge is 0.310 e. The minimum atomic E-state index is 0.640. The monoisotopic (exact) mass is 544 g/mol. The highest BCUT2D eigenvalue weighted by atomic mass is 16.1. The van der Waals surface area contributed by atoms with Crippen LogP contribution < -0.4 is 9.80 Å². The molecule has 0 saturated heterocycles. The summed E-state index contributed by atoms with van der Waals surface area (Å²) in [5, 5.41) is 0. The zero-order valence-corrected chi connectivity index (χ0v) is 22.9. The van der Waals surface area contributed by atoms with Crippen molar-refractivity contribution in [1.29, 1.82) is 0 Å². The van der Waals surface area contributed by atoms with E-state index in [0.29, 0.717) is 11.1 Å². The van der Waals surface area contributed by atoms with Crippen LogP contribution in [0.1, 0.15) is 20.7 Å². The molecular formula is C38H28N2O2. The van der Waals surface area contributed by atoms with E-state index in [-0.39, 0.29) is 0 Å². The highest BCUT2D eigenvalue weighted by Crippen LogP contribution is 2.39. The molecule has 4 heteroatoms. The van der Waals surface area contributed by atoms with E-state index in [0.717, 1.165) is 57.8 Å². The molecule has 0 fully saturated rings. The molecule has 0 spiro atoms. The molecule has 0 aliphatic carbocycles. The molecule has 0 bridgehead atoms. The summed E-state index contributed by atoms with van der Waals surface area (Å²) in [6.07, 6.45) is 1.72. The predicted molar refractivity (Wildman–Crippen MR) is 172 cm³/mol. The molecule has 0 radical (unpaired) electrons. The molecule has 6 aromatic carbocycles. The third-order valence-corrected chi connectivity index (χ3v) is 7.15. The van der Waals surface area contributed by atoms with Gasteiger partial charge in [0.25, 0.3) is 0 Å². The van der Waals surface area contributed by atoms with E-state index in [1.54, 1.807) is 0 Å². The first kappa shape index (κ1) is 26.5. The fourth-order valence-electron chi connectivity index (χ4n) is 5.10. The van der Waals surface area contributed by atoms with E-state index in [4.69, 9.17) is 0 Å². The first-order valence-corrected chi connectivity index (χ1v) is 13.7. The fourth-order valence-corrected chi connectivity index (χ4v) is 5.10. The number of rotatable bonds is 9. The van der Waals surface area contributed by atoms with Crippen molar-refractivity contribution in [3.63, 3.8) is 0 Å². The lowest BCUT2D eigenvalue weighted by Crippen LogP contribution is -2.10. The number of hydrogen-bond acceptors (Lipinski definition) is 4. The van der Waals surface area contributed by atoms with E-state index < -0.39 is 0 Å². The van der Waals surface area contributed by atoms with Gasteiger partial charge in [-0.2, -0.15) is 0 Å². The SMILES string of the molecule is O=Cc1ccc(N(c2ccccc2)c2cccc(-c3cccc(N(c4ccccc4)c4ccc(C=O)cc4)c3)c2)cc1. The third-order valence-electron chi connectivity index (χ3n) is 7.15. The number of aldehydes is 2. The van der Waals surface area contributed by atoms with Crippen LogP contribution in [0.4, 0.5) is 34.1 Å². The predicted octanol–water partition coefficient (Wildman–Crippen LogP) is 9.92. The lowest BCUT2D eigenvalue weighted by Gasteiger charge is -2.27. The summed E-state index contributed by atoms with van der Waals surface area (Å²) in [6.45, 7) is 0. The summed E-state index contributed by atoms with van der Waals surface area (Å²) in [6, 6.07) is 52.6. The minimum absolute atomic E-state index is 0.640. The van der Waals surface area contributed by atoms with Crippen LogP contribution in [0.5, 0.6) is 0 Å². The van der Waals surface area contributed by atoms with Crippen LogP contribution >= 0.6 is 0 Å². The second-order valence-electron chi connectivity index (χ2n) is 9.86. The Hall–Kier alpha value is -5.74. The maximum absolute atomic E-state index is 11.3. The smallest absolute Gasteiger partial charge is 0.150 e. The highest BCUT2D eigenvalue weighted by Gasteiger charge is 2.16. The molecule has 0 atom stereocenters. The first-order valence-electron chi connectivity index (χ1n) is 13.7. The fraction of sp³-hybridized carbons (Fsp3) is 0. The molecule has 6 rings (SSSR count). The first-order chi connectivity index (χ1) is 20.7. The van der Waals surface area contributed by atoms with Crippen molar-refractivity contribution in [2.45, 2.75) is 0 Å². The molecule has 42 heavy (non-hydrogen) atoms. The summed E-state index contributed by atoms with van der Waals surface area (Å²) >= 11 is 0. The Bertz CT molecular complexity index is 1660. The Morgan fingerprint density at radius 1 is 0.333 bits per heavy atom. The van der Waals surface area contributed by atoms with E-state index >= 15 is 0 Å². The topological polar surface area (TPSA) is 40.6 Å². The Balaban J connectivity index is 1.42. The molecule has 0 amide bonds. The van der Waals surface area contributed by atoms with Crippen molar-refractivity contribution in [2.24, 2.45) is 0 Å². The summed E-state index contributed by atoms with van der Waals surface area (Å²) in [5.41, 5.74) is 9.42. The summed E-state index contributed by atoms with van der Waals surface area (Å²) in [5.74, 6) is 0. The number of benzene rings is 6. The molecule has 0 unspecified atom stereocenters. The van der Waals surface area contributed by atoms with Crippen molar-refractivity contribution < 1.29 is 9.59 Å². The van der Waals surface area contributed by atoms with Crippen LogP contribution in [-0.4, -0.2) is 12.6 Å². The van der Waals surface area contributed by atoms with E-state index in [2.05, 4.69) is 82.6 Å². The molecule has 0 aliphatic rings. The highest BCUT2D eigenvalue weighted by molar-refractivity contribution is 5.85. The van der Waals surface area contributed by atoms with Gasteiger partial charge in [-0.1, -0.05) is 60.7 Å². The van der Waals surface area contributed by atoms with Crippen molar-refractivity contribution in [1.82, 2.24) is 0 Å². The number of carbonyl (C=O) groups is 2. The van der Waals surface area contributed by atoms with E-state index in [1.165, 1.54) is 0 Å². The van der Waals surface area contributed by atoms with Gasteiger partial charge in [0.15, 0.2) is 0 Å².